The molecule has 1 aromatic rings. The molecule has 0 amide bonds. The summed E-state index contributed by atoms with van der Waals surface area (Å²) in [7, 11) is 0. The summed E-state index contributed by atoms with van der Waals surface area (Å²) >= 11 is 0. The molecular formula is C8H10N2O. The summed E-state index contributed by atoms with van der Waals surface area (Å²) < 4.78 is 0. The Hall–Kier alpha value is -1.38. The Labute approximate surface area is 65.2 Å². The van der Waals surface area contributed by atoms with E-state index in [9.17, 15) is 4.79 Å². The zero-order valence-corrected chi connectivity index (χ0v) is 6.59. The van der Waals surface area contributed by atoms with Crippen LogP contribution in [0.2, 0.25) is 0 Å². The second kappa shape index (κ2) is 2.70. The maximum atomic E-state index is 10.4. The molecule has 0 unspecified atom stereocenters. The molecule has 0 aliphatic rings. The van der Waals surface area contributed by atoms with Gasteiger partial charge in [0.15, 0.2) is 6.29 Å². The standard InChI is InChI=1S/C8H10N2O/c1-5-3-8(9)7(4-11)6(2)10-5/h3-4H,1-2H3,(H2,9,10). The number of pyridine rings is 1. The number of hydrogen-bond donors (Lipinski definition) is 1. The molecule has 1 aromatic heterocycles. The van der Waals surface area contributed by atoms with Crippen LogP contribution in [0.5, 0.6) is 0 Å². The van der Waals surface area contributed by atoms with Crippen LogP contribution in [0, 0.1) is 13.8 Å². The van der Waals surface area contributed by atoms with Gasteiger partial charge in [0.25, 0.3) is 0 Å². The molecule has 1 heterocycles. The second-order valence-electron chi connectivity index (χ2n) is 2.47. The van der Waals surface area contributed by atoms with Crippen molar-refractivity contribution >= 4 is 12.0 Å². The third kappa shape index (κ3) is 1.37. The molecule has 0 aromatic carbocycles. The minimum Gasteiger partial charge on any atom is -0.398 e. The number of nitrogens with two attached hydrogens (primary N) is 1. The van der Waals surface area contributed by atoms with Crippen LogP contribution >= 0.6 is 0 Å². The number of aromatic nitrogens is 1. The molecule has 3 heteroatoms. The van der Waals surface area contributed by atoms with Crippen molar-refractivity contribution in [3.05, 3.63) is 23.0 Å². The van der Waals surface area contributed by atoms with E-state index in [4.69, 9.17) is 5.73 Å². The number of anilines is 1. The third-order valence-corrected chi connectivity index (χ3v) is 1.53. The monoisotopic (exact) mass is 150 g/mol. The molecule has 0 aliphatic carbocycles. The van der Waals surface area contributed by atoms with Crippen LogP contribution in [0.1, 0.15) is 21.7 Å². The predicted molar refractivity (Wildman–Crippen MR) is 43.5 cm³/mol. The highest BCUT2D eigenvalue weighted by Gasteiger charge is 2.02. The first kappa shape index (κ1) is 7.72. The Bertz CT molecular complexity index is 271. The maximum absolute atomic E-state index is 10.4. The summed E-state index contributed by atoms with van der Waals surface area (Å²) in [6, 6.07) is 1.69. The number of aryl methyl sites for hydroxylation is 2. The highest BCUT2D eigenvalue weighted by atomic mass is 16.1. The van der Waals surface area contributed by atoms with Gasteiger partial charge >= 0.3 is 0 Å². The lowest BCUT2D eigenvalue weighted by atomic mass is 10.1. The summed E-state index contributed by atoms with van der Waals surface area (Å²) in [6.07, 6.45) is 0.733. The van der Waals surface area contributed by atoms with Gasteiger partial charge in [-0.25, -0.2) is 0 Å². The van der Waals surface area contributed by atoms with Gasteiger partial charge in [0, 0.05) is 11.4 Å². The first-order valence-corrected chi connectivity index (χ1v) is 3.34. The maximum Gasteiger partial charge on any atom is 0.153 e. The number of nitrogen functional groups attached to an aromatic ring is 1. The van der Waals surface area contributed by atoms with Crippen LogP contribution in [0.4, 0.5) is 5.69 Å². The minimum atomic E-state index is 0.496. The van der Waals surface area contributed by atoms with Crippen LogP contribution in [-0.2, 0) is 0 Å². The summed E-state index contributed by atoms with van der Waals surface area (Å²) in [6.45, 7) is 3.62. The molecule has 11 heavy (non-hydrogen) atoms. The highest BCUT2D eigenvalue weighted by Crippen LogP contribution is 2.12. The first-order chi connectivity index (χ1) is 5.15. The van der Waals surface area contributed by atoms with Gasteiger partial charge in [0.1, 0.15) is 0 Å². The lowest BCUT2D eigenvalue weighted by Gasteiger charge is -2.02. The van der Waals surface area contributed by atoms with E-state index in [1.54, 1.807) is 13.0 Å². The predicted octanol–water partition coefficient (Wildman–Crippen LogP) is 1.09. The van der Waals surface area contributed by atoms with Crippen molar-refractivity contribution in [1.29, 1.82) is 0 Å². The molecule has 0 radical (unpaired) electrons. The molecule has 0 aliphatic heterocycles. The van der Waals surface area contributed by atoms with E-state index in [-0.39, 0.29) is 0 Å². The zero-order chi connectivity index (χ0) is 8.43. The van der Waals surface area contributed by atoms with Gasteiger partial charge in [-0.2, -0.15) is 0 Å². The van der Waals surface area contributed by atoms with Gasteiger partial charge in [0.05, 0.1) is 11.3 Å². The summed E-state index contributed by atoms with van der Waals surface area (Å²) in [5, 5.41) is 0. The smallest absolute Gasteiger partial charge is 0.153 e. The molecule has 0 spiro atoms. The topological polar surface area (TPSA) is 56.0 Å². The minimum absolute atomic E-state index is 0.496. The van der Waals surface area contributed by atoms with Gasteiger partial charge in [-0.05, 0) is 19.9 Å². The van der Waals surface area contributed by atoms with Crippen molar-refractivity contribution in [2.45, 2.75) is 13.8 Å². The van der Waals surface area contributed by atoms with Crippen molar-refractivity contribution in [3.8, 4) is 0 Å². The Morgan fingerprint density at radius 3 is 2.64 bits per heavy atom. The lowest BCUT2D eigenvalue weighted by molar-refractivity contribution is 0.112. The Kier molecular flexibility index (Phi) is 1.89. The molecule has 0 atom stereocenters. The van der Waals surface area contributed by atoms with Crippen LogP contribution in [-0.4, -0.2) is 11.3 Å². The second-order valence-corrected chi connectivity index (χ2v) is 2.47. The number of carbonyl (C=O) groups is 1. The van der Waals surface area contributed by atoms with Gasteiger partial charge in [0.2, 0.25) is 0 Å². The Morgan fingerprint density at radius 2 is 2.18 bits per heavy atom. The molecular weight excluding hydrogens is 140 g/mol. The number of hydrogen-bond acceptors (Lipinski definition) is 3. The van der Waals surface area contributed by atoms with Gasteiger partial charge in [-0.1, -0.05) is 0 Å². The summed E-state index contributed by atoms with van der Waals surface area (Å²) in [4.78, 5) is 14.5. The molecule has 0 bridgehead atoms. The number of rotatable bonds is 1. The van der Waals surface area contributed by atoms with Gasteiger partial charge < -0.3 is 5.73 Å². The quantitative estimate of drug-likeness (QED) is 0.610. The van der Waals surface area contributed by atoms with E-state index in [1.165, 1.54) is 0 Å². The highest BCUT2D eigenvalue weighted by molar-refractivity contribution is 5.84. The zero-order valence-electron chi connectivity index (χ0n) is 6.59. The van der Waals surface area contributed by atoms with Crippen molar-refractivity contribution in [2.75, 3.05) is 5.73 Å². The van der Waals surface area contributed by atoms with Gasteiger partial charge in [-0.15, -0.1) is 0 Å². The fourth-order valence-electron chi connectivity index (χ4n) is 1.02. The number of nitrogens with zero attached hydrogens (tertiary/aromatic N) is 1. The molecule has 3 nitrogen and oxygen atoms in total. The van der Waals surface area contributed by atoms with Crippen LogP contribution in [0.25, 0.3) is 0 Å². The fourth-order valence-corrected chi connectivity index (χ4v) is 1.02. The first-order valence-electron chi connectivity index (χ1n) is 3.34. The van der Waals surface area contributed by atoms with Crippen LogP contribution in [0.3, 0.4) is 0 Å². The molecule has 2 N–H and O–H groups in total. The van der Waals surface area contributed by atoms with E-state index < -0.39 is 0 Å². The van der Waals surface area contributed by atoms with E-state index >= 15 is 0 Å². The number of carbonyl (C=O) groups excluding carboxylic acids is 1. The summed E-state index contributed by atoms with van der Waals surface area (Å²) in [5.74, 6) is 0. The normalized spacial score (nSPS) is 9.64. The third-order valence-electron chi connectivity index (χ3n) is 1.53. The average molecular weight is 150 g/mol. The Morgan fingerprint density at radius 1 is 1.55 bits per heavy atom. The van der Waals surface area contributed by atoms with Crippen molar-refractivity contribution in [2.24, 2.45) is 0 Å². The number of aldehydes is 1. The van der Waals surface area contributed by atoms with Crippen molar-refractivity contribution < 1.29 is 4.79 Å². The average Bonchev–Trinajstić information content (AvgIpc) is 1.85. The van der Waals surface area contributed by atoms with E-state index in [2.05, 4.69) is 4.98 Å². The molecule has 0 saturated heterocycles. The van der Waals surface area contributed by atoms with Crippen molar-refractivity contribution in [1.82, 2.24) is 4.98 Å². The van der Waals surface area contributed by atoms with Crippen molar-refractivity contribution in [3.63, 3.8) is 0 Å². The fraction of sp³-hybridized carbons (Fsp3) is 0.250. The van der Waals surface area contributed by atoms with Crippen LogP contribution < -0.4 is 5.73 Å². The molecule has 0 saturated carbocycles. The molecule has 1 rings (SSSR count). The van der Waals surface area contributed by atoms with Gasteiger partial charge in [-0.3, -0.25) is 9.78 Å². The van der Waals surface area contributed by atoms with E-state index in [0.29, 0.717) is 16.9 Å². The van der Waals surface area contributed by atoms with E-state index in [0.717, 1.165) is 12.0 Å². The summed E-state index contributed by atoms with van der Waals surface area (Å²) in [5.41, 5.74) is 8.09. The van der Waals surface area contributed by atoms with Crippen LogP contribution in [0.15, 0.2) is 6.07 Å². The molecule has 0 fully saturated rings. The lowest BCUT2D eigenvalue weighted by Crippen LogP contribution is -1.99. The SMILES string of the molecule is Cc1cc(N)c(C=O)c(C)n1. The largest absolute Gasteiger partial charge is 0.398 e. The van der Waals surface area contributed by atoms with E-state index in [1.807, 2.05) is 6.92 Å². The molecule has 58 valence electrons. The Balaban J connectivity index is 3.36.